The van der Waals surface area contributed by atoms with Crippen LogP contribution in [-0.4, -0.2) is 36.6 Å². The van der Waals surface area contributed by atoms with Crippen molar-refractivity contribution in [3.63, 3.8) is 0 Å². The largest absolute Gasteiger partial charge is 0.411 e. The molecule has 0 aliphatic carbocycles. The Labute approximate surface area is 194 Å². The van der Waals surface area contributed by atoms with Crippen molar-refractivity contribution in [2.75, 3.05) is 11.1 Å². The molecule has 166 valence electrons. The number of para-hydroxylation sites is 2. The van der Waals surface area contributed by atoms with Crippen LogP contribution in [-0.2, 0) is 4.79 Å². The highest BCUT2D eigenvalue weighted by Crippen LogP contribution is 2.30. The second kappa shape index (κ2) is 8.95. The normalized spacial score (nSPS) is 11.2. The summed E-state index contributed by atoms with van der Waals surface area (Å²) in [5.41, 5.74) is 5.24. The van der Waals surface area contributed by atoms with Gasteiger partial charge >= 0.3 is 0 Å². The van der Waals surface area contributed by atoms with Crippen molar-refractivity contribution in [3.05, 3.63) is 72.2 Å². The number of aryl methyl sites for hydroxylation is 1. The molecular weight excluding hydrogens is 436 g/mol. The van der Waals surface area contributed by atoms with Gasteiger partial charge in [-0.1, -0.05) is 48.2 Å². The lowest BCUT2D eigenvalue weighted by Crippen LogP contribution is -2.13. The van der Waals surface area contributed by atoms with Gasteiger partial charge in [0, 0.05) is 29.3 Å². The van der Waals surface area contributed by atoms with Gasteiger partial charge in [0.1, 0.15) is 0 Å². The van der Waals surface area contributed by atoms with Gasteiger partial charge in [-0.3, -0.25) is 4.79 Å². The Balaban J connectivity index is 1.20. The maximum absolute atomic E-state index is 12.6. The van der Waals surface area contributed by atoms with E-state index in [2.05, 4.69) is 25.6 Å². The van der Waals surface area contributed by atoms with Crippen LogP contribution < -0.4 is 5.32 Å². The van der Waals surface area contributed by atoms with Crippen molar-refractivity contribution in [3.8, 4) is 17.1 Å². The van der Waals surface area contributed by atoms with Crippen LogP contribution >= 0.6 is 11.8 Å². The van der Waals surface area contributed by atoms with E-state index in [0.29, 0.717) is 23.3 Å². The topological polar surface area (TPSA) is 102 Å². The van der Waals surface area contributed by atoms with E-state index in [4.69, 9.17) is 4.42 Å². The van der Waals surface area contributed by atoms with Crippen LogP contribution in [0.4, 0.5) is 5.69 Å². The molecule has 3 aromatic heterocycles. The van der Waals surface area contributed by atoms with Crippen LogP contribution in [0.1, 0.15) is 17.8 Å². The number of benzene rings is 2. The lowest BCUT2D eigenvalue weighted by atomic mass is 10.2. The van der Waals surface area contributed by atoms with Crippen LogP contribution in [0.3, 0.4) is 0 Å². The third kappa shape index (κ3) is 4.27. The summed E-state index contributed by atoms with van der Waals surface area (Å²) < 4.78 is 7.64. The molecule has 0 aliphatic heterocycles. The minimum atomic E-state index is -0.0855. The zero-order valence-electron chi connectivity index (χ0n) is 18.2. The van der Waals surface area contributed by atoms with Gasteiger partial charge in [-0.15, -0.1) is 10.2 Å². The molecule has 5 aromatic rings. The summed E-state index contributed by atoms with van der Waals surface area (Å²) in [5.74, 6) is 0.892. The molecule has 2 N–H and O–H groups in total. The van der Waals surface area contributed by atoms with E-state index in [0.717, 1.165) is 39.2 Å². The predicted molar refractivity (Wildman–Crippen MR) is 129 cm³/mol. The molecule has 1 amide bonds. The quantitative estimate of drug-likeness (QED) is 0.327. The van der Waals surface area contributed by atoms with Gasteiger partial charge in [-0.05, 0) is 32.0 Å². The number of hydrogen-bond donors (Lipinski definition) is 2. The third-order valence-corrected chi connectivity index (χ3v) is 6.16. The fourth-order valence-electron chi connectivity index (χ4n) is 3.70. The summed E-state index contributed by atoms with van der Waals surface area (Å²) in [6, 6.07) is 17.8. The molecule has 0 spiro atoms. The predicted octanol–water partition coefficient (Wildman–Crippen LogP) is 5.14. The maximum atomic E-state index is 12.6. The van der Waals surface area contributed by atoms with Crippen molar-refractivity contribution >= 4 is 34.3 Å². The highest BCUT2D eigenvalue weighted by Gasteiger charge is 2.16. The SMILES string of the molecule is Cc1nn(-c2ccccc2)c(C)c1NC(=O)CCSc1nnc(-c2c[nH]c3ccccc23)o1. The molecule has 9 heteroatoms. The molecule has 0 saturated carbocycles. The lowest BCUT2D eigenvalue weighted by molar-refractivity contribution is -0.115. The fraction of sp³-hybridized carbons (Fsp3) is 0.167. The Morgan fingerprint density at radius 1 is 1.09 bits per heavy atom. The Hall–Kier alpha value is -3.85. The number of aromatic amines is 1. The van der Waals surface area contributed by atoms with Gasteiger partial charge in [0.15, 0.2) is 0 Å². The number of aromatic nitrogens is 5. The second-order valence-corrected chi connectivity index (χ2v) is 8.61. The molecular formula is C24H22N6O2S. The summed E-state index contributed by atoms with van der Waals surface area (Å²) >= 11 is 1.36. The highest BCUT2D eigenvalue weighted by molar-refractivity contribution is 7.99. The van der Waals surface area contributed by atoms with Gasteiger partial charge in [0.2, 0.25) is 5.91 Å². The second-order valence-electron chi connectivity index (χ2n) is 7.56. The molecule has 0 bridgehead atoms. The van der Waals surface area contributed by atoms with Gasteiger partial charge < -0.3 is 14.7 Å². The number of fused-ring (bicyclic) bond motifs is 1. The summed E-state index contributed by atoms with van der Waals surface area (Å²) in [4.78, 5) is 15.8. The fourth-order valence-corrected chi connectivity index (χ4v) is 4.40. The van der Waals surface area contributed by atoms with E-state index in [1.807, 2.05) is 79.3 Å². The van der Waals surface area contributed by atoms with E-state index in [1.165, 1.54) is 11.8 Å². The first-order chi connectivity index (χ1) is 16.1. The zero-order valence-corrected chi connectivity index (χ0v) is 19.0. The highest BCUT2D eigenvalue weighted by atomic mass is 32.2. The molecule has 3 heterocycles. The molecule has 0 saturated heterocycles. The van der Waals surface area contributed by atoms with Crippen molar-refractivity contribution < 1.29 is 9.21 Å². The van der Waals surface area contributed by atoms with Crippen LogP contribution in [0, 0.1) is 13.8 Å². The molecule has 2 aromatic carbocycles. The third-order valence-electron chi connectivity index (χ3n) is 5.34. The standard InChI is InChI=1S/C24H22N6O2S/c1-15-22(16(2)30(29-15)17-8-4-3-5-9-17)26-21(31)12-13-33-24-28-27-23(32-24)19-14-25-20-11-7-6-10-18(19)20/h3-11,14,25H,12-13H2,1-2H3,(H,26,31). The molecule has 5 rings (SSSR count). The first-order valence-corrected chi connectivity index (χ1v) is 11.5. The van der Waals surface area contributed by atoms with Crippen molar-refractivity contribution in [1.29, 1.82) is 0 Å². The van der Waals surface area contributed by atoms with Crippen LogP contribution in [0.2, 0.25) is 0 Å². The number of hydrogen-bond acceptors (Lipinski definition) is 6. The number of H-pyrrole nitrogens is 1. The smallest absolute Gasteiger partial charge is 0.276 e. The molecule has 0 unspecified atom stereocenters. The summed E-state index contributed by atoms with van der Waals surface area (Å²) in [6.07, 6.45) is 2.17. The molecule has 0 radical (unpaired) electrons. The molecule has 33 heavy (non-hydrogen) atoms. The maximum Gasteiger partial charge on any atom is 0.276 e. The number of anilines is 1. The van der Waals surface area contributed by atoms with Crippen LogP contribution in [0.15, 0.2) is 70.4 Å². The summed E-state index contributed by atoms with van der Waals surface area (Å²) in [5, 5.41) is 17.3. The Morgan fingerprint density at radius 2 is 1.88 bits per heavy atom. The van der Waals surface area contributed by atoms with E-state index in [9.17, 15) is 4.79 Å². The summed E-state index contributed by atoms with van der Waals surface area (Å²) in [6.45, 7) is 3.84. The van der Waals surface area contributed by atoms with Crippen molar-refractivity contribution in [2.24, 2.45) is 0 Å². The Morgan fingerprint density at radius 3 is 2.73 bits per heavy atom. The van der Waals surface area contributed by atoms with Crippen LogP contribution in [0.25, 0.3) is 28.0 Å². The minimum Gasteiger partial charge on any atom is -0.411 e. The Kier molecular flexibility index (Phi) is 5.70. The number of nitrogens with zero attached hydrogens (tertiary/aromatic N) is 4. The van der Waals surface area contributed by atoms with Crippen molar-refractivity contribution in [1.82, 2.24) is 25.0 Å². The molecule has 0 atom stereocenters. The van der Waals surface area contributed by atoms with Crippen LogP contribution in [0.5, 0.6) is 0 Å². The molecule has 8 nitrogen and oxygen atoms in total. The van der Waals surface area contributed by atoms with E-state index < -0.39 is 0 Å². The lowest BCUT2D eigenvalue weighted by Gasteiger charge is -2.06. The zero-order chi connectivity index (χ0) is 22.8. The number of nitrogens with one attached hydrogen (secondary N) is 2. The van der Waals surface area contributed by atoms with Gasteiger partial charge in [-0.25, -0.2) is 4.68 Å². The summed E-state index contributed by atoms with van der Waals surface area (Å²) in [7, 11) is 0. The van der Waals surface area contributed by atoms with Crippen molar-refractivity contribution in [2.45, 2.75) is 25.5 Å². The molecule has 0 fully saturated rings. The first kappa shape index (κ1) is 21.0. The average molecular weight is 459 g/mol. The monoisotopic (exact) mass is 458 g/mol. The average Bonchev–Trinajstić information content (AvgIpc) is 3.54. The van der Waals surface area contributed by atoms with E-state index >= 15 is 0 Å². The number of carbonyl (C=O) groups is 1. The van der Waals surface area contributed by atoms with E-state index in [1.54, 1.807) is 0 Å². The number of carbonyl (C=O) groups excluding carboxylic acids is 1. The molecule has 0 aliphatic rings. The first-order valence-electron chi connectivity index (χ1n) is 10.5. The minimum absolute atomic E-state index is 0.0855. The van der Waals surface area contributed by atoms with Gasteiger partial charge in [0.25, 0.3) is 11.1 Å². The number of amides is 1. The van der Waals surface area contributed by atoms with E-state index in [-0.39, 0.29) is 5.91 Å². The number of rotatable bonds is 7. The van der Waals surface area contributed by atoms with Gasteiger partial charge in [0.05, 0.1) is 28.3 Å². The Bertz CT molecular complexity index is 1420. The van der Waals surface area contributed by atoms with Gasteiger partial charge in [-0.2, -0.15) is 5.10 Å². The number of thioether (sulfide) groups is 1.